The largest absolute Gasteiger partial charge is 0.354 e. The maximum atomic E-state index is 12.5. The van der Waals surface area contributed by atoms with Crippen LogP contribution in [0.25, 0.3) is 0 Å². The molecule has 5 nitrogen and oxygen atoms in total. The average molecular weight is 409 g/mol. The Morgan fingerprint density at radius 1 is 1.19 bits per heavy atom. The van der Waals surface area contributed by atoms with Crippen LogP contribution >= 0.6 is 11.6 Å². The minimum absolute atomic E-state index is 0.343. The number of nitrogens with zero attached hydrogens (tertiary/aromatic N) is 1. The molecule has 1 atom stereocenters. The van der Waals surface area contributed by atoms with Crippen LogP contribution in [0.4, 0.5) is 5.69 Å². The number of carbonyl (C=O) groups excluding carboxylic acids is 1. The molecule has 27 heavy (non-hydrogen) atoms. The van der Waals surface area contributed by atoms with Crippen LogP contribution in [0.2, 0.25) is 5.02 Å². The molecule has 0 heterocycles. The Bertz CT molecular complexity index is 900. The standard InChI is InChI=1S/C20H25ClN2O3S/c1-15-7-4-8-17(13-15)9-6-12-22-20(24)16(2)23(27(3,25)26)19-11-5-10-18(21)14-19/h4-5,7-8,10-11,13-14,16H,6,9,12H2,1-3H3,(H,22,24). The number of anilines is 1. The summed E-state index contributed by atoms with van der Waals surface area (Å²) in [7, 11) is -3.64. The van der Waals surface area contributed by atoms with E-state index in [9.17, 15) is 13.2 Å². The van der Waals surface area contributed by atoms with E-state index in [1.807, 2.05) is 19.1 Å². The van der Waals surface area contributed by atoms with Crippen LogP contribution in [-0.4, -0.2) is 33.2 Å². The maximum Gasteiger partial charge on any atom is 0.243 e. The van der Waals surface area contributed by atoms with Crippen molar-refractivity contribution >= 4 is 33.2 Å². The summed E-state index contributed by atoms with van der Waals surface area (Å²) >= 11 is 5.97. The third-order valence-corrected chi connectivity index (χ3v) is 5.65. The molecule has 1 amide bonds. The molecule has 0 aliphatic heterocycles. The van der Waals surface area contributed by atoms with Gasteiger partial charge in [0.25, 0.3) is 0 Å². The fraction of sp³-hybridized carbons (Fsp3) is 0.350. The van der Waals surface area contributed by atoms with Crippen LogP contribution in [0.15, 0.2) is 48.5 Å². The first-order valence-electron chi connectivity index (χ1n) is 8.76. The SMILES string of the molecule is Cc1cccc(CCCNC(=O)C(C)N(c2cccc(Cl)c2)S(C)(=O)=O)c1. The predicted molar refractivity (Wildman–Crippen MR) is 111 cm³/mol. The number of sulfonamides is 1. The predicted octanol–water partition coefficient (Wildman–Crippen LogP) is 3.55. The van der Waals surface area contributed by atoms with Crippen molar-refractivity contribution in [3.8, 4) is 0 Å². The quantitative estimate of drug-likeness (QED) is 0.679. The molecule has 2 aromatic rings. The van der Waals surface area contributed by atoms with Gasteiger partial charge >= 0.3 is 0 Å². The summed E-state index contributed by atoms with van der Waals surface area (Å²) in [5.41, 5.74) is 2.79. The van der Waals surface area contributed by atoms with Gasteiger partial charge in [0.1, 0.15) is 6.04 Å². The minimum atomic E-state index is -3.64. The summed E-state index contributed by atoms with van der Waals surface area (Å²) in [6, 6.07) is 13.8. The van der Waals surface area contributed by atoms with E-state index in [0.717, 1.165) is 23.4 Å². The lowest BCUT2D eigenvalue weighted by Crippen LogP contribution is -2.48. The van der Waals surface area contributed by atoms with Gasteiger partial charge in [-0.2, -0.15) is 0 Å². The highest BCUT2D eigenvalue weighted by Crippen LogP contribution is 2.24. The van der Waals surface area contributed by atoms with Gasteiger partial charge in [-0.15, -0.1) is 0 Å². The van der Waals surface area contributed by atoms with Gasteiger partial charge in [0, 0.05) is 11.6 Å². The first kappa shape index (κ1) is 21.3. The van der Waals surface area contributed by atoms with E-state index in [1.54, 1.807) is 25.1 Å². The molecule has 1 unspecified atom stereocenters. The smallest absolute Gasteiger partial charge is 0.243 e. The first-order valence-corrected chi connectivity index (χ1v) is 11.0. The van der Waals surface area contributed by atoms with Crippen molar-refractivity contribution in [2.24, 2.45) is 0 Å². The van der Waals surface area contributed by atoms with Gasteiger partial charge in [-0.1, -0.05) is 47.5 Å². The Morgan fingerprint density at radius 2 is 1.89 bits per heavy atom. The highest BCUT2D eigenvalue weighted by Gasteiger charge is 2.28. The van der Waals surface area contributed by atoms with Crippen LogP contribution < -0.4 is 9.62 Å². The van der Waals surface area contributed by atoms with Crippen molar-refractivity contribution in [1.82, 2.24) is 5.32 Å². The lowest BCUT2D eigenvalue weighted by Gasteiger charge is -2.28. The molecule has 0 aliphatic carbocycles. The Morgan fingerprint density at radius 3 is 2.52 bits per heavy atom. The highest BCUT2D eigenvalue weighted by atomic mass is 35.5. The van der Waals surface area contributed by atoms with Crippen molar-refractivity contribution in [1.29, 1.82) is 0 Å². The maximum absolute atomic E-state index is 12.5. The van der Waals surface area contributed by atoms with Crippen LogP contribution in [0.1, 0.15) is 24.5 Å². The topological polar surface area (TPSA) is 66.5 Å². The molecule has 0 aliphatic rings. The molecule has 2 rings (SSSR count). The van der Waals surface area contributed by atoms with Gasteiger partial charge in [-0.05, 0) is 50.5 Å². The second-order valence-corrected chi connectivity index (χ2v) is 8.89. The van der Waals surface area contributed by atoms with Crippen LogP contribution in [0, 0.1) is 6.92 Å². The number of benzene rings is 2. The molecule has 0 spiro atoms. The molecule has 2 aromatic carbocycles. The fourth-order valence-corrected chi connectivity index (χ4v) is 4.29. The number of rotatable bonds is 8. The van der Waals surface area contributed by atoms with E-state index in [-0.39, 0.29) is 5.91 Å². The van der Waals surface area contributed by atoms with Crippen molar-refractivity contribution < 1.29 is 13.2 Å². The molecule has 0 radical (unpaired) electrons. The van der Waals surface area contributed by atoms with E-state index in [4.69, 9.17) is 11.6 Å². The first-order chi connectivity index (χ1) is 12.7. The zero-order valence-electron chi connectivity index (χ0n) is 15.8. The summed E-state index contributed by atoms with van der Waals surface area (Å²) in [5.74, 6) is -0.343. The third kappa shape index (κ3) is 6.26. The number of carbonyl (C=O) groups is 1. The molecule has 0 bridgehead atoms. The number of aryl methyl sites for hydroxylation is 2. The van der Waals surface area contributed by atoms with Crippen molar-refractivity contribution in [3.05, 3.63) is 64.7 Å². The molecule has 0 saturated heterocycles. The van der Waals surface area contributed by atoms with Crippen molar-refractivity contribution in [2.75, 3.05) is 17.1 Å². The summed E-state index contributed by atoms with van der Waals surface area (Å²) in [6.45, 7) is 4.09. The van der Waals surface area contributed by atoms with Gasteiger partial charge in [-0.3, -0.25) is 9.10 Å². The molecular formula is C20H25ClN2O3S. The van der Waals surface area contributed by atoms with E-state index < -0.39 is 16.1 Å². The molecule has 7 heteroatoms. The zero-order valence-corrected chi connectivity index (χ0v) is 17.3. The van der Waals surface area contributed by atoms with Gasteiger partial charge in [0.05, 0.1) is 11.9 Å². The number of amides is 1. The van der Waals surface area contributed by atoms with Crippen LogP contribution in [0.5, 0.6) is 0 Å². The van der Waals surface area contributed by atoms with Crippen LogP contribution in [-0.2, 0) is 21.2 Å². The number of halogens is 1. The van der Waals surface area contributed by atoms with E-state index in [0.29, 0.717) is 17.3 Å². The third-order valence-electron chi connectivity index (χ3n) is 4.18. The van der Waals surface area contributed by atoms with Gasteiger partial charge in [0.15, 0.2) is 0 Å². The van der Waals surface area contributed by atoms with Crippen molar-refractivity contribution in [2.45, 2.75) is 32.7 Å². The molecule has 0 saturated carbocycles. The summed E-state index contributed by atoms with van der Waals surface area (Å²) < 4.78 is 25.6. The molecule has 1 N–H and O–H groups in total. The summed E-state index contributed by atoms with van der Waals surface area (Å²) in [4.78, 5) is 12.5. The second-order valence-electron chi connectivity index (χ2n) is 6.60. The normalized spacial score (nSPS) is 12.4. The highest BCUT2D eigenvalue weighted by molar-refractivity contribution is 7.92. The minimum Gasteiger partial charge on any atom is -0.354 e. The Balaban J connectivity index is 1.98. The van der Waals surface area contributed by atoms with Gasteiger partial charge in [0.2, 0.25) is 15.9 Å². The fourth-order valence-electron chi connectivity index (χ4n) is 2.94. The Hall–Kier alpha value is -2.05. The summed E-state index contributed by atoms with van der Waals surface area (Å²) in [6.07, 6.45) is 2.70. The lowest BCUT2D eigenvalue weighted by molar-refractivity contribution is -0.121. The van der Waals surface area contributed by atoms with Gasteiger partial charge in [-0.25, -0.2) is 8.42 Å². The lowest BCUT2D eigenvalue weighted by atomic mass is 10.1. The van der Waals surface area contributed by atoms with Crippen molar-refractivity contribution in [3.63, 3.8) is 0 Å². The average Bonchev–Trinajstić information content (AvgIpc) is 2.57. The molecule has 0 aromatic heterocycles. The molecule has 0 fully saturated rings. The zero-order chi connectivity index (χ0) is 20.0. The van der Waals surface area contributed by atoms with E-state index in [1.165, 1.54) is 17.2 Å². The Labute approximate surface area is 166 Å². The van der Waals surface area contributed by atoms with Gasteiger partial charge < -0.3 is 5.32 Å². The number of nitrogens with one attached hydrogen (secondary N) is 1. The number of hydrogen-bond donors (Lipinski definition) is 1. The second kappa shape index (κ2) is 9.24. The van der Waals surface area contributed by atoms with E-state index >= 15 is 0 Å². The molecular weight excluding hydrogens is 384 g/mol. The Kier molecular flexibility index (Phi) is 7.27. The van der Waals surface area contributed by atoms with Crippen LogP contribution in [0.3, 0.4) is 0 Å². The van der Waals surface area contributed by atoms with E-state index in [2.05, 4.69) is 17.4 Å². The molecule has 146 valence electrons. The summed E-state index contributed by atoms with van der Waals surface area (Å²) in [5, 5.41) is 3.24. The monoisotopic (exact) mass is 408 g/mol. The number of hydrogen-bond acceptors (Lipinski definition) is 3.